The number of aromatic hydroxyl groups is 9. The molecule has 95 heavy (non-hydrogen) atoms. The molecule has 7 aromatic carbocycles. The van der Waals surface area contributed by atoms with Gasteiger partial charge in [-0.3, -0.25) is 25.0 Å². The number of fused-ring (bicyclic) bond motifs is 1. The van der Waals surface area contributed by atoms with E-state index in [1.807, 2.05) is 41.8 Å². The number of nitrogens with zero attached hydrogens (tertiary/aromatic N) is 5. The number of aliphatic imine (C=N–C) groups is 1. The van der Waals surface area contributed by atoms with Gasteiger partial charge in [-0.15, -0.1) is 45.3 Å². The molecule has 0 unspecified atom stereocenters. The minimum absolute atomic E-state index is 0. The zero-order chi connectivity index (χ0) is 62.4. The van der Waals surface area contributed by atoms with Crippen molar-refractivity contribution in [2.24, 2.45) is 4.99 Å². The first-order chi connectivity index (χ1) is 42.3. The summed E-state index contributed by atoms with van der Waals surface area (Å²) < 4.78 is 5.21. The van der Waals surface area contributed by atoms with E-state index in [4.69, 9.17) is 4.42 Å². The first kappa shape index (κ1) is 79.5. The number of carbonyl (C=O) groups is 3. The van der Waals surface area contributed by atoms with Crippen LogP contribution in [0, 0.1) is 0 Å². The van der Waals surface area contributed by atoms with E-state index < -0.39 is 11.5 Å². The Kier molecular flexibility index (Phi) is 30.5. The Bertz CT molecular complexity index is 4580. The quantitative estimate of drug-likeness (QED) is 0.0325. The Morgan fingerprint density at radius 1 is 0.432 bits per heavy atom. The molecule has 3 amide bonds. The molecule has 12 rings (SSSR count). The summed E-state index contributed by atoms with van der Waals surface area (Å²) in [7, 11) is 0. The highest BCUT2D eigenvalue weighted by Gasteiger charge is 2.16. The van der Waals surface area contributed by atoms with Crippen LogP contribution in [0.15, 0.2) is 193 Å². The zero-order valence-electron chi connectivity index (χ0n) is 46.8. The number of carbonyl (C=O) groups excluding carboxylic acids is 3. The smallest absolute Gasteiger partial charge is 0.348 e. The summed E-state index contributed by atoms with van der Waals surface area (Å²) in [5.74, 6) is -2.98. The Balaban J connectivity index is 0.000000424. The first-order valence-electron chi connectivity index (χ1n) is 25.6. The van der Waals surface area contributed by atoms with Crippen LogP contribution in [0.4, 0.5) is 20.5 Å². The van der Waals surface area contributed by atoms with Crippen LogP contribution in [0.1, 0.15) is 62.9 Å². The molecule has 0 aliphatic carbocycles. The van der Waals surface area contributed by atoms with Gasteiger partial charge in [0.15, 0.2) is 61.4 Å². The summed E-state index contributed by atoms with van der Waals surface area (Å²) >= 11 is 5.13. The molecule has 0 bridgehead atoms. The first-order valence-corrected chi connectivity index (χ1v) is 29.1. The number of amides is 3. The van der Waals surface area contributed by atoms with E-state index in [0.29, 0.717) is 70.8 Å². The van der Waals surface area contributed by atoms with E-state index in [2.05, 4.69) is 40.9 Å². The Morgan fingerprint density at radius 3 is 1.27 bits per heavy atom. The molecule has 498 valence electrons. The highest BCUT2D eigenvalue weighted by molar-refractivity contribution is 7.15. The van der Waals surface area contributed by atoms with E-state index >= 15 is 0 Å². The summed E-state index contributed by atoms with van der Waals surface area (Å²) in [6, 6.07) is 42.4. The third-order valence-corrected chi connectivity index (χ3v) is 15.0. The lowest BCUT2D eigenvalue weighted by Crippen LogP contribution is -2.11. The standard InChI is InChI=1S/C19H12N2O3S.C16H12N2O5S.C16H12N2O3S.C11H10N2O3S.4CH4.3H2O/c22-17-13-8-4-5-9-16(13)24-18(23)14(17)10-20-19-21-15(11-25-19)12-6-2-1-3-7-12;19-11-3-1-8(5-13(11)21)10-7-24-16(17-10)18-15(23)9-2-4-12(20)14(22)6-9;19-13-7-6-11(8-14(13)20)12-9-22-16(17-12)18-15(21)10-4-2-1-3-5-10;1-6(14)12-11-13-8(5-17-11)7-2-3-9(15)10(16)4-7;;;;;;;/h1-11,22H;1-7,19-22H,(H,17,18,23);1-9,19-20H,(H,17,18,21);2-5,15-16H,1H3,(H,12,13,14);4*1H4;3*1H2. The van der Waals surface area contributed by atoms with E-state index in [-0.39, 0.29) is 121 Å². The zero-order valence-corrected chi connectivity index (χ0v) is 50.1. The topological polar surface area (TPSA) is 458 Å². The van der Waals surface area contributed by atoms with E-state index in [0.717, 1.165) is 17.3 Å². The molecule has 12 aromatic rings. The highest BCUT2D eigenvalue weighted by atomic mass is 32.1. The lowest BCUT2D eigenvalue weighted by Gasteiger charge is -2.03. The van der Waals surface area contributed by atoms with Crippen LogP contribution in [-0.2, 0) is 4.79 Å². The number of para-hydroxylation sites is 1. The fourth-order valence-electron chi connectivity index (χ4n) is 7.63. The van der Waals surface area contributed by atoms with Crippen LogP contribution < -0.4 is 21.6 Å². The van der Waals surface area contributed by atoms with Gasteiger partial charge in [0.05, 0.1) is 28.2 Å². The maximum atomic E-state index is 12.1. The van der Waals surface area contributed by atoms with Gasteiger partial charge in [0.1, 0.15) is 16.9 Å². The fourth-order valence-corrected chi connectivity index (χ4v) is 10.5. The van der Waals surface area contributed by atoms with E-state index in [9.17, 15) is 65.1 Å². The molecule has 0 atom stereocenters. The Labute approximate surface area is 559 Å². The normalized spacial score (nSPS) is 9.86. The monoisotopic (exact) mass is 1370 g/mol. The largest absolute Gasteiger partial charge is 0.506 e. The molecular formula is C66H68N8O17S4. The van der Waals surface area contributed by atoms with Crippen molar-refractivity contribution in [2.75, 3.05) is 16.0 Å². The van der Waals surface area contributed by atoms with Gasteiger partial charge < -0.3 is 72.1 Å². The van der Waals surface area contributed by atoms with Crippen LogP contribution in [0.25, 0.3) is 56.0 Å². The third-order valence-electron chi connectivity index (χ3n) is 12.0. The number of hydrogen-bond donors (Lipinski definition) is 12. The number of rotatable bonds is 11. The van der Waals surface area contributed by atoms with Crippen molar-refractivity contribution in [3.05, 3.63) is 206 Å². The molecular weight excluding hydrogens is 1310 g/mol. The van der Waals surface area contributed by atoms with Gasteiger partial charge in [0, 0.05) is 68.0 Å². The molecule has 25 nitrogen and oxygen atoms in total. The Morgan fingerprint density at radius 2 is 0.821 bits per heavy atom. The number of nitrogens with one attached hydrogen (secondary N) is 3. The van der Waals surface area contributed by atoms with Crippen LogP contribution in [-0.4, -0.2) is 106 Å². The minimum atomic E-state index is -0.639. The van der Waals surface area contributed by atoms with Crippen molar-refractivity contribution in [1.82, 2.24) is 19.9 Å². The maximum absolute atomic E-state index is 12.1. The van der Waals surface area contributed by atoms with Crippen molar-refractivity contribution in [1.29, 1.82) is 0 Å². The summed E-state index contributed by atoms with van der Waals surface area (Å²) in [5.41, 5.74) is 5.94. The van der Waals surface area contributed by atoms with Crippen LogP contribution in [0.5, 0.6) is 51.7 Å². The number of aromatic nitrogens is 4. The second-order valence-electron chi connectivity index (χ2n) is 18.2. The highest BCUT2D eigenvalue weighted by Crippen LogP contribution is 2.36. The Hall–Kier alpha value is -11.6. The lowest BCUT2D eigenvalue weighted by molar-refractivity contribution is -0.114. The number of thiazole rings is 4. The lowest BCUT2D eigenvalue weighted by atomic mass is 10.1. The summed E-state index contributed by atoms with van der Waals surface area (Å²) in [4.78, 5) is 68.4. The molecule has 5 heterocycles. The van der Waals surface area contributed by atoms with Gasteiger partial charge >= 0.3 is 5.63 Å². The van der Waals surface area contributed by atoms with Crippen molar-refractivity contribution in [3.8, 4) is 96.8 Å². The second kappa shape index (κ2) is 36.5. The molecule has 0 radical (unpaired) electrons. The number of anilines is 3. The summed E-state index contributed by atoms with van der Waals surface area (Å²) in [6.45, 7) is 1.41. The number of hydrogen-bond acceptors (Lipinski definition) is 23. The average molecular weight is 1370 g/mol. The molecule has 0 saturated heterocycles. The van der Waals surface area contributed by atoms with E-state index in [1.165, 1.54) is 107 Å². The average Bonchev–Trinajstić information content (AvgIpc) is 1.07. The molecule has 0 saturated carbocycles. The number of benzene rings is 7. The van der Waals surface area contributed by atoms with Crippen molar-refractivity contribution in [3.63, 3.8) is 0 Å². The molecule has 0 fully saturated rings. The van der Waals surface area contributed by atoms with Crippen LogP contribution in [0.3, 0.4) is 0 Å². The van der Waals surface area contributed by atoms with Gasteiger partial charge in [-0.25, -0.2) is 29.7 Å². The number of phenolic OH excluding ortho intramolecular Hbond substituents is 8. The predicted octanol–water partition coefficient (Wildman–Crippen LogP) is 13.0. The van der Waals surface area contributed by atoms with Crippen molar-refractivity contribution in [2.45, 2.75) is 36.6 Å². The fraction of sp³-hybridized carbons (Fsp3) is 0.0758. The maximum Gasteiger partial charge on any atom is 0.348 e. The van der Waals surface area contributed by atoms with Gasteiger partial charge in [-0.05, 0) is 97.1 Å². The van der Waals surface area contributed by atoms with Crippen molar-refractivity contribution < 1.29 is 81.2 Å². The molecule has 0 aliphatic heterocycles. The molecule has 29 heteroatoms. The number of phenols is 8. The van der Waals surface area contributed by atoms with Crippen LogP contribution >= 0.6 is 45.3 Å². The van der Waals surface area contributed by atoms with Gasteiger partial charge in [0.2, 0.25) is 11.0 Å². The molecule has 5 aromatic heterocycles. The summed E-state index contributed by atoms with van der Waals surface area (Å²) in [6.07, 6.45) is 1.29. The second-order valence-corrected chi connectivity index (χ2v) is 21.6. The third kappa shape index (κ3) is 20.7. The molecule has 18 N–H and O–H groups in total. The predicted molar refractivity (Wildman–Crippen MR) is 376 cm³/mol. The SMILES string of the molecule is C.C.C.C.CC(=O)Nc1nc(-c2ccc(O)c(O)c2)cs1.O.O.O.O=C(Nc1nc(-c2ccc(O)c(O)c2)cs1)c1ccc(O)c(O)c1.O=C(Nc1nc(-c2ccc(O)c(O)c2)cs1)c1ccccc1.O=c1oc2ccccc2c(O)c1C=Nc1nc(-c2ccccc2)cs1. The van der Waals surface area contributed by atoms with Crippen LogP contribution in [0.2, 0.25) is 0 Å². The van der Waals surface area contributed by atoms with Gasteiger partial charge in [-0.1, -0.05) is 90.4 Å². The minimum Gasteiger partial charge on any atom is -0.506 e. The van der Waals surface area contributed by atoms with E-state index in [1.54, 1.807) is 82.9 Å². The van der Waals surface area contributed by atoms with Gasteiger partial charge in [-0.2, -0.15) is 0 Å². The summed E-state index contributed by atoms with van der Waals surface area (Å²) in [5, 5.41) is 103. The molecule has 0 aliphatic rings. The molecule has 0 spiro atoms. The van der Waals surface area contributed by atoms with Gasteiger partial charge in [0.25, 0.3) is 11.8 Å². The van der Waals surface area contributed by atoms with Crippen molar-refractivity contribution >= 4 is 101 Å².